The summed E-state index contributed by atoms with van der Waals surface area (Å²) in [4.78, 5) is 3.76. The molecule has 4 heteroatoms. The molecule has 0 saturated carbocycles. The number of aliphatic imine (C=N–C) groups is 1. The molecule has 0 aliphatic carbocycles. The van der Waals surface area contributed by atoms with Crippen LogP contribution in [-0.4, -0.2) is 11.3 Å². The van der Waals surface area contributed by atoms with Crippen molar-refractivity contribution >= 4 is 23.5 Å². The Morgan fingerprint density at radius 1 is 1.20 bits per heavy atom. The van der Waals surface area contributed by atoms with Crippen molar-refractivity contribution in [3.8, 4) is 0 Å². The van der Waals surface area contributed by atoms with Gasteiger partial charge in [-0.2, -0.15) is 5.11 Å². The smallest absolute Gasteiger partial charge is 0.226 e. The minimum atomic E-state index is 0.246. The van der Waals surface area contributed by atoms with Crippen molar-refractivity contribution < 1.29 is 0 Å². The molecular weight excluding hydrogens is 146 g/mol. The minimum Gasteiger partial charge on any atom is -0.226 e. The van der Waals surface area contributed by atoms with Crippen molar-refractivity contribution in [2.45, 2.75) is 0 Å². The predicted octanol–water partition coefficient (Wildman–Crippen LogP) is 1.88. The molecule has 1 heterocycles. The van der Waals surface area contributed by atoms with Crippen molar-refractivity contribution in [3.63, 3.8) is 0 Å². The second-order valence-electron chi connectivity index (χ2n) is 1.50. The van der Waals surface area contributed by atoms with Crippen molar-refractivity contribution in [3.05, 3.63) is 24.4 Å². The van der Waals surface area contributed by atoms with E-state index in [1.807, 2.05) is 0 Å². The molecule has 0 atom stereocenters. The number of nitrogens with zero attached hydrogens (tertiary/aromatic N) is 3. The summed E-state index contributed by atoms with van der Waals surface area (Å²) in [7, 11) is 0. The first-order valence-corrected chi connectivity index (χ1v) is 3.11. The summed E-state index contributed by atoms with van der Waals surface area (Å²) in [6.45, 7) is 0. The number of hydrogen-bond acceptors (Lipinski definition) is 2. The summed E-state index contributed by atoms with van der Waals surface area (Å²) in [5, 5.41) is 7.43. The predicted molar refractivity (Wildman–Crippen MR) is 44.2 cm³/mol. The normalized spacial score (nSPS) is 23.0. The molecule has 0 N–H and O–H groups in total. The van der Waals surface area contributed by atoms with E-state index in [2.05, 4.69) is 27.4 Å². The van der Waals surface area contributed by atoms with Gasteiger partial charge in [-0.25, -0.2) is 4.99 Å². The van der Waals surface area contributed by atoms with Crippen LogP contribution < -0.4 is 0 Å². The SMILES string of the molecule is S=C1N=C/C=C\C=C\N=N1. The number of allylic oxidation sites excluding steroid dienone is 3. The van der Waals surface area contributed by atoms with E-state index in [0.717, 1.165) is 0 Å². The summed E-state index contributed by atoms with van der Waals surface area (Å²) < 4.78 is 0. The molecule has 0 fully saturated rings. The van der Waals surface area contributed by atoms with Crippen LogP contribution in [0.2, 0.25) is 0 Å². The van der Waals surface area contributed by atoms with E-state index in [1.165, 1.54) is 0 Å². The number of azo groups is 1. The Kier molecular flexibility index (Phi) is 2.63. The van der Waals surface area contributed by atoms with Gasteiger partial charge in [0.1, 0.15) is 0 Å². The van der Waals surface area contributed by atoms with E-state index >= 15 is 0 Å². The Bertz CT molecular complexity index is 213. The van der Waals surface area contributed by atoms with Gasteiger partial charge in [-0.3, -0.25) is 0 Å². The molecule has 0 spiro atoms. The molecule has 0 aromatic carbocycles. The average molecular weight is 151 g/mol. The van der Waals surface area contributed by atoms with Crippen LogP contribution >= 0.6 is 12.2 Å². The molecule has 0 amide bonds. The van der Waals surface area contributed by atoms with Gasteiger partial charge in [0, 0.05) is 12.4 Å². The van der Waals surface area contributed by atoms with Gasteiger partial charge in [0.2, 0.25) is 5.11 Å². The van der Waals surface area contributed by atoms with Gasteiger partial charge in [0.05, 0.1) is 0 Å². The first kappa shape index (κ1) is 6.95. The number of thiocarbonyl (C=S) groups is 1. The lowest BCUT2D eigenvalue weighted by molar-refractivity contribution is 1.28. The van der Waals surface area contributed by atoms with E-state index in [4.69, 9.17) is 0 Å². The summed E-state index contributed by atoms with van der Waals surface area (Å²) in [6, 6.07) is 0. The van der Waals surface area contributed by atoms with Crippen LogP contribution in [0.1, 0.15) is 0 Å². The largest absolute Gasteiger partial charge is 0.239 e. The van der Waals surface area contributed by atoms with Crippen LogP contribution in [0.25, 0.3) is 0 Å². The fourth-order valence-corrected chi connectivity index (χ4v) is 0.525. The molecule has 1 aliphatic rings. The van der Waals surface area contributed by atoms with Crippen molar-refractivity contribution in [1.29, 1.82) is 0 Å². The Labute approximate surface area is 63.9 Å². The van der Waals surface area contributed by atoms with E-state index in [1.54, 1.807) is 30.6 Å². The zero-order valence-electron chi connectivity index (χ0n) is 5.14. The van der Waals surface area contributed by atoms with Gasteiger partial charge in [0.25, 0.3) is 0 Å². The average Bonchev–Trinajstić information content (AvgIpc) is 2.02. The zero-order valence-corrected chi connectivity index (χ0v) is 5.95. The van der Waals surface area contributed by atoms with Gasteiger partial charge in [-0.05, 0) is 24.4 Å². The summed E-state index contributed by atoms with van der Waals surface area (Å²) in [5.41, 5.74) is 0. The van der Waals surface area contributed by atoms with E-state index < -0.39 is 0 Å². The summed E-state index contributed by atoms with van der Waals surface area (Å²) >= 11 is 4.69. The molecule has 0 bridgehead atoms. The third-order valence-corrected chi connectivity index (χ3v) is 0.976. The quantitative estimate of drug-likeness (QED) is 0.487. The van der Waals surface area contributed by atoms with Crippen LogP contribution in [0.5, 0.6) is 0 Å². The van der Waals surface area contributed by atoms with E-state index in [9.17, 15) is 0 Å². The van der Waals surface area contributed by atoms with Crippen LogP contribution in [0.4, 0.5) is 0 Å². The lowest BCUT2D eigenvalue weighted by atomic mass is 10.5. The van der Waals surface area contributed by atoms with Crippen LogP contribution in [0.15, 0.2) is 39.6 Å². The summed E-state index contributed by atoms with van der Waals surface area (Å²) in [6.07, 6.45) is 8.45. The van der Waals surface area contributed by atoms with Crippen molar-refractivity contribution in [2.24, 2.45) is 15.2 Å². The van der Waals surface area contributed by atoms with Crippen LogP contribution in [0, 0.1) is 0 Å². The highest BCUT2D eigenvalue weighted by Gasteiger charge is 1.83. The molecule has 3 nitrogen and oxygen atoms in total. The maximum Gasteiger partial charge on any atom is 0.239 e. The molecule has 0 aromatic heterocycles. The lowest BCUT2D eigenvalue weighted by Gasteiger charge is -1.78. The Hall–Kier alpha value is -1.16. The highest BCUT2D eigenvalue weighted by molar-refractivity contribution is 7.80. The molecule has 1 aliphatic heterocycles. The molecule has 0 radical (unpaired) electrons. The number of hydrogen-bond donors (Lipinski definition) is 0. The van der Waals surface area contributed by atoms with E-state index in [-0.39, 0.29) is 5.11 Å². The molecule has 10 heavy (non-hydrogen) atoms. The zero-order chi connectivity index (χ0) is 7.23. The Morgan fingerprint density at radius 3 is 3.00 bits per heavy atom. The fraction of sp³-hybridized carbons (Fsp3) is 0. The highest BCUT2D eigenvalue weighted by atomic mass is 32.1. The van der Waals surface area contributed by atoms with Crippen molar-refractivity contribution in [2.75, 3.05) is 0 Å². The third-order valence-electron chi connectivity index (χ3n) is 0.789. The standard InChI is InChI=1S/C6H5N3S/c10-6-7-4-2-1-3-5-8-9-6/h1-5H/b2-1-,5-3+,7-4?,9-8?. The Morgan fingerprint density at radius 2 is 2.10 bits per heavy atom. The fourth-order valence-electron chi connectivity index (χ4n) is 0.417. The molecule has 0 saturated heterocycles. The topological polar surface area (TPSA) is 37.1 Å². The van der Waals surface area contributed by atoms with Crippen LogP contribution in [0.3, 0.4) is 0 Å². The third kappa shape index (κ3) is 2.41. The second kappa shape index (κ2) is 3.79. The lowest BCUT2D eigenvalue weighted by Crippen LogP contribution is -1.79. The molecule has 0 aromatic rings. The van der Waals surface area contributed by atoms with Gasteiger partial charge in [-0.1, -0.05) is 6.08 Å². The van der Waals surface area contributed by atoms with Gasteiger partial charge in [0.15, 0.2) is 0 Å². The molecule has 0 unspecified atom stereocenters. The van der Waals surface area contributed by atoms with Gasteiger partial charge >= 0.3 is 0 Å². The molecule has 50 valence electrons. The maximum atomic E-state index is 4.69. The number of rotatable bonds is 0. The second-order valence-corrected chi connectivity index (χ2v) is 1.87. The maximum absolute atomic E-state index is 4.69. The van der Waals surface area contributed by atoms with Crippen LogP contribution in [-0.2, 0) is 0 Å². The Balaban J connectivity index is 2.80. The monoisotopic (exact) mass is 151 g/mol. The van der Waals surface area contributed by atoms with Crippen molar-refractivity contribution in [1.82, 2.24) is 0 Å². The molecular formula is C6H5N3S. The van der Waals surface area contributed by atoms with Gasteiger partial charge in [-0.15, -0.1) is 5.11 Å². The summed E-state index contributed by atoms with van der Waals surface area (Å²) in [5.74, 6) is 0. The van der Waals surface area contributed by atoms with Gasteiger partial charge < -0.3 is 0 Å². The van der Waals surface area contributed by atoms with E-state index in [0.29, 0.717) is 0 Å². The first-order valence-electron chi connectivity index (χ1n) is 2.70. The first-order chi connectivity index (χ1) is 4.89. The highest BCUT2D eigenvalue weighted by Crippen LogP contribution is 1.89. The molecule has 1 rings (SSSR count). The minimum absolute atomic E-state index is 0.246.